The summed E-state index contributed by atoms with van der Waals surface area (Å²) in [4.78, 5) is 15.5. The van der Waals surface area contributed by atoms with Crippen molar-refractivity contribution in [2.24, 2.45) is 0 Å². The predicted octanol–water partition coefficient (Wildman–Crippen LogP) is 3.29. The molecule has 0 spiro atoms. The van der Waals surface area contributed by atoms with Gasteiger partial charge in [-0.3, -0.25) is 4.98 Å². The maximum Gasteiger partial charge on any atom is 0.335 e. The highest BCUT2D eigenvalue weighted by Gasteiger charge is 2.20. The number of hydrogen-bond acceptors (Lipinski definition) is 4. The second-order valence-corrected chi connectivity index (χ2v) is 7.94. The minimum atomic E-state index is -3.83. The van der Waals surface area contributed by atoms with Gasteiger partial charge in [-0.2, -0.15) is 0 Å². The largest absolute Gasteiger partial charge is 0.478 e. The Hall–Kier alpha value is -2.77. The van der Waals surface area contributed by atoms with Gasteiger partial charge in [0.15, 0.2) is 0 Å². The zero-order valence-corrected chi connectivity index (χ0v) is 15.1. The molecule has 2 aromatic carbocycles. The predicted molar refractivity (Wildman–Crippen MR) is 99.6 cm³/mol. The lowest BCUT2D eigenvalue weighted by Gasteiger charge is -2.13. The number of nitrogens with zero attached hydrogens (tertiary/aromatic N) is 1. The number of benzene rings is 2. The van der Waals surface area contributed by atoms with Gasteiger partial charge in [0.25, 0.3) is 0 Å². The second-order valence-electron chi connectivity index (χ2n) is 6.23. The van der Waals surface area contributed by atoms with Gasteiger partial charge >= 0.3 is 5.97 Å². The van der Waals surface area contributed by atoms with E-state index in [1.165, 1.54) is 18.2 Å². The zero-order chi connectivity index (χ0) is 18.9. The highest BCUT2D eigenvalue weighted by molar-refractivity contribution is 7.89. The van der Waals surface area contributed by atoms with Gasteiger partial charge in [0.2, 0.25) is 10.0 Å². The molecule has 134 valence electrons. The standard InChI is InChI=1S/C19H18N2O4S/c1-12(2)21-26(24,25)16-9-14(8-15(10-16)19(22)23)17-5-3-4-13-11-20-7-6-18(13)17/h3-12,21H,1-2H3,(H,22,23). The molecule has 1 aromatic heterocycles. The van der Waals surface area contributed by atoms with E-state index in [0.29, 0.717) is 5.56 Å². The van der Waals surface area contributed by atoms with Crippen molar-refractivity contribution in [1.82, 2.24) is 9.71 Å². The zero-order valence-electron chi connectivity index (χ0n) is 14.3. The number of sulfonamides is 1. The Bertz CT molecular complexity index is 1090. The number of hydrogen-bond donors (Lipinski definition) is 2. The Kier molecular flexibility index (Phi) is 4.76. The quantitative estimate of drug-likeness (QED) is 0.718. The van der Waals surface area contributed by atoms with Gasteiger partial charge in [-0.05, 0) is 54.6 Å². The average Bonchev–Trinajstić information content (AvgIpc) is 2.59. The van der Waals surface area contributed by atoms with Gasteiger partial charge in [0, 0.05) is 23.8 Å². The minimum Gasteiger partial charge on any atom is -0.478 e. The van der Waals surface area contributed by atoms with E-state index in [1.807, 2.05) is 24.3 Å². The fourth-order valence-corrected chi connectivity index (χ4v) is 4.11. The molecule has 3 rings (SSSR count). The molecule has 0 saturated carbocycles. The summed E-state index contributed by atoms with van der Waals surface area (Å²) >= 11 is 0. The Balaban J connectivity index is 2.26. The van der Waals surface area contributed by atoms with Crippen molar-refractivity contribution in [1.29, 1.82) is 0 Å². The number of pyridine rings is 1. The van der Waals surface area contributed by atoms with Crippen molar-refractivity contribution in [2.45, 2.75) is 24.8 Å². The summed E-state index contributed by atoms with van der Waals surface area (Å²) in [6.45, 7) is 3.41. The summed E-state index contributed by atoms with van der Waals surface area (Å²) in [6, 6.07) is 11.2. The summed E-state index contributed by atoms with van der Waals surface area (Å²) in [6.07, 6.45) is 3.35. The molecule has 0 bridgehead atoms. The molecule has 0 amide bonds. The maximum absolute atomic E-state index is 12.6. The van der Waals surface area contributed by atoms with Crippen LogP contribution in [0.15, 0.2) is 59.8 Å². The van der Waals surface area contributed by atoms with Gasteiger partial charge in [-0.15, -0.1) is 0 Å². The lowest BCUT2D eigenvalue weighted by molar-refractivity contribution is 0.0696. The van der Waals surface area contributed by atoms with Crippen molar-refractivity contribution in [2.75, 3.05) is 0 Å². The van der Waals surface area contributed by atoms with E-state index in [4.69, 9.17) is 0 Å². The summed E-state index contributed by atoms with van der Waals surface area (Å²) in [5.74, 6) is -1.19. The SMILES string of the molecule is CC(C)NS(=O)(=O)c1cc(C(=O)O)cc(-c2cccc3cnccc23)c1. The molecule has 26 heavy (non-hydrogen) atoms. The van der Waals surface area contributed by atoms with Crippen LogP contribution in [0.4, 0.5) is 0 Å². The second kappa shape index (κ2) is 6.86. The topological polar surface area (TPSA) is 96.4 Å². The molecule has 1 heterocycles. The molecular weight excluding hydrogens is 352 g/mol. The van der Waals surface area contributed by atoms with Crippen LogP contribution in [0.1, 0.15) is 24.2 Å². The third-order valence-electron chi connectivity index (χ3n) is 3.85. The molecule has 0 aliphatic carbocycles. The number of carboxylic acids is 1. The van der Waals surface area contributed by atoms with Crippen molar-refractivity contribution >= 4 is 26.8 Å². The first-order valence-corrected chi connectivity index (χ1v) is 9.50. The molecule has 6 nitrogen and oxygen atoms in total. The fourth-order valence-electron chi connectivity index (χ4n) is 2.79. The summed E-state index contributed by atoms with van der Waals surface area (Å²) < 4.78 is 27.6. The van der Waals surface area contributed by atoms with Gasteiger partial charge in [0.05, 0.1) is 10.5 Å². The summed E-state index contributed by atoms with van der Waals surface area (Å²) in [5.41, 5.74) is 1.18. The van der Waals surface area contributed by atoms with E-state index in [1.54, 1.807) is 26.2 Å². The smallest absolute Gasteiger partial charge is 0.335 e. The molecule has 0 atom stereocenters. The van der Waals surface area contributed by atoms with E-state index in [0.717, 1.165) is 16.3 Å². The lowest BCUT2D eigenvalue weighted by Crippen LogP contribution is -2.30. The fraction of sp³-hybridized carbons (Fsp3) is 0.158. The molecule has 7 heteroatoms. The van der Waals surface area contributed by atoms with Crippen LogP contribution in [0.2, 0.25) is 0 Å². The van der Waals surface area contributed by atoms with Crippen LogP contribution in [-0.2, 0) is 10.0 Å². The molecule has 0 radical (unpaired) electrons. The van der Waals surface area contributed by atoms with Crippen LogP contribution < -0.4 is 4.72 Å². The van der Waals surface area contributed by atoms with Crippen molar-refractivity contribution in [3.63, 3.8) is 0 Å². The van der Waals surface area contributed by atoms with E-state index < -0.39 is 16.0 Å². The first kappa shape index (κ1) is 18.0. The highest BCUT2D eigenvalue weighted by Crippen LogP contribution is 2.30. The molecule has 2 N–H and O–H groups in total. The number of aromatic carboxylic acids is 1. The average molecular weight is 370 g/mol. The third kappa shape index (κ3) is 3.58. The van der Waals surface area contributed by atoms with Crippen molar-refractivity contribution in [3.8, 4) is 11.1 Å². The van der Waals surface area contributed by atoms with Crippen LogP contribution in [0.5, 0.6) is 0 Å². The first-order chi connectivity index (χ1) is 12.3. The van der Waals surface area contributed by atoms with Crippen LogP contribution in [0.25, 0.3) is 21.9 Å². The van der Waals surface area contributed by atoms with Crippen molar-refractivity contribution < 1.29 is 18.3 Å². The summed E-state index contributed by atoms with van der Waals surface area (Å²) in [7, 11) is -3.83. The van der Waals surface area contributed by atoms with Gasteiger partial charge < -0.3 is 5.11 Å². The maximum atomic E-state index is 12.6. The van der Waals surface area contributed by atoms with Gasteiger partial charge in [-0.1, -0.05) is 18.2 Å². The number of nitrogens with one attached hydrogen (secondary N) is 1. The van der Waals surface area contributed by atoms with E-state index in [9.17, 15) is 18.3 Å². The van der Waals surface area contributed by atoms with Crippen molar-refractivity contribution in [3.05, 3.63) is 60.4 Å². The van der Waals surface area contributed by atoms with E-state index in [2.05, 4.69) is 9.71 Å². The van der Waals surface area contributed by atoms with Gasteiger partial charge in [0.1, 0.15) is 0 Å². The van der Waals surface area contributed by atoms with Crippen LogP contribution in [0.3, 0.4) is 0 Å². The molecule has 3 aromatic rings. The third-order valence-corrected chi connectivity index (χ3v) is 5.48. The number of rotatable bonds is 5. The lowest BCUT2D eigenvalue weighted by atomic mass is 9.98. The highest BCUT2D eigenvalue weighted by atomic mass is 32.2. The number of aromatic nitrogens is 1. The van der Waals surface area contributed by atoms with E-state index in [-0.39, 0.29) is 16.5 Å². The van der Waals surface area contributed by atoms with Crippen LogP contribution >= 0.6 is 0 Å². The molecule has 0 saturated heterocycles. The number of carbonyl (C=O) groups is 1. The Morgan fingerprint density at radius 1 is 1.15 bits per heavy atom. The van der Waals surface area contributed by atoms with E-state index >= 15 is 0 Å². The Labute approximate surface area is 151 Å². The van der Waals surface area contributed by atoms with Gasteiger partial charge in [-0.25, -0.2) is 17.9 Å². The monoisotopic (exact) mass is 370 g/mol. The molecule has 0 unspecified atom stereocenters. The minimum absolute atomic E-state index is 0.0767. The molecular formula is C19H18N2O4S. The molecule has 0 fully saturated rings. The summed E-state index contributed by atoms with van der Waals surface area (Å²) in [5, 5.41) is 11.2. The normalized spacial score (nSPS) is 11.8. The Morgan fingerprint density at radius 2 is 1.92 bits per heavy atom. The number of carboxylic acid groups (broad SMARTS) is 1. The van der Waals surface area contributed by atoms with Crippen LogP contribution in [0, 0.1) is 0 Å². The Morgan fingerprint density at radius 3 is 2.62 bits per heavy atom. The van der Waals surface area contributed by atoms with Crippen LogP contribution in [-0.4, -0.2) is 30.5 Å². The number of fused-ring (bicyclic) bond motifs is 1. The first-order valence-electron chi connectivity index (χ1n) is 8.02. The molecule has 0 aliphatic rings. The molecule has 0 aliphatic heterocycles.